The molecule has 0 aliphatic carbocycles. The van der Waals surface area contributed by atoms with E-state index in [0.29, 0.717) is 5.92 Å². The summed E-state index contributed by atoms with van der Waals surface area (Å²) in [5.74, 6) is 0.521. The highest BCUT2D eigenvalue weighted by Gasteiger charge is 2.10. The van der Waals surface area contributed by atoms with Crippen molar-refractivity contribution in [2.75, 3.05) is 5.32 Å². The first-order valence-corrected chi connectivity index (χ1v) is 7.09. The predicted octanol–water partition coefficient (Wildman–Crippen LogP) is 5.34. The second kappa shape index (κ2) is 5.04. The summed E-state index contributed by atoms with van der Waals surface area (Å²) >= 11 is 0. The molecule has 0 spiro atoms. The number of benzene rings is 2. The molecule has 0 unspecified atom stereocenters. The number of nitrogens with one attached hydrogen (secondary N) is 2. The molecule has 2 aromatic carbocycles. The molecular weight excluding hydrogens is 244 g/mol. The van der Waals surface area contributed by atoms with E-state index < -0.39 is 0 Å². The first kappa shape index (κ1) is 12.8. The normalized spacial score (nSPS) is 11.2. The number of hydrogen-bond acceptors (Lipinski definition) is 1. The van der Waals surface area contributed by atoms with Crippen molar-refractivity contribution in [3.05, 3.63) is 59.8 Å². The fourth-order valence-electron chi connectivity index (χ4n) is 2.69. The second-order valence-corrected chi connectivity index (χ2v) is 5.57. The van der Waals surface area contributed by atoms with Crippen LogP contribution in [0.1, 0.15) is 31.0 Å². The van der Waals surface area contributed by atoms with Crippen LogP contribution in [0.3, 0.4) is 0 Å². The third kappa shape index (κ3) is 2.29. The monoisotopic (exact) mass is 264 g/mol. The molecule has 3 rings (SSSR count). The van der Waals surface area contributed by atoms with Gasteiger partial charge in [-0.15, -0.1) is 0 Å². The summed E-state index contributed by atoms with van der Waals surface area (Å²) in [6.45, 7) is 6.64. The third-order valence-electron chi connectivity index (χ3n) is 3.74. The quantitative estimate of drug-likeness (QED) is 0.656. The van der Waals surface area contributed by atoms with E-state index in [1.807, 2.05) is 18.2 Å². The van der Waals surface area contributed by atoms with Crippen molar-refractivity contribution in [2.24, 2.45) is 0 Å². The molecule has 0 bridgehead atoms. The van der Waals surface area contributed by atoms with Gasteiger partial charge >= 0.3 is 0 Å². The lowest BCUT2D eigenvalue weighted by molar-refractivity contribution is 0.828. The van der Waals surface area contributed by atoms with E-state index in [4.69, 9.17) is 0 Å². The molecule has 2 N–H and O–H groups in total. The molecule has 0 fully saturated rings. The first-order chi connectivity index (χ1) is 9.65. The van der Waals surface area contributed by atoms with Crippen molar-refractivity contribution in [3.63, 3.8) is 0 Å². The Balaban J connectivity index is 2.00. The number of hydrogen-bond donors (Lipinski definition) is 2. The zero-order valence-corrected chi connectivity index (χ0v) is 12.2. The number of anilines is 2. The molecule has 0 aliphatic rings. The van der Waals surface area contributed by atoms with Gasteiger partial charge in [-0.25, -0.2) is 0 Å². The average molecular weight is 264 g/mol. The van der Waals surface area contributed by atoms with Gasteiger partial charge < -0.3 is 10.3 Å². The van der Waals surface area contributed by atoms with Gasteiger partial charge in [-0.2, -0.15) is 0 Å². The average Bonchev–Trinajstić information content (AvgIpc) is 2.77. The minimum Gasteiger partial charge on any atom is -0.358 e. The highest BCUT2D eigenvalue weighted by Crippen LogP contribution is 2.29. The van der Waals surface area contributed by atoms with Crippen LogP contribution in [0.5, 0.6) is 0 Å². The van der Waals surface area contributed by atoms with Gasteiger partial charge in [0.15, 0.2) is 0 Å². The highest BCUT2D eigenvalue weighted by atomic mass is 14.9. The zero-order chi connectivity index (χ0) is 14.1. The van der Waals surface area contributed by atoms with Crippen LogP contribution in [0.25, 0.3) is 10.9 Å². The second-order valence-electron chi connectivity index (χ2n) is 5.57. The molecule has 0 amide bonds. The summed E-state index contributed by atoms with van der Waals surface area (Å²) in [5.41, 5.74) is 6.14. The Bertz CT molecular complexity index is 724. The Labute approximate surface area is 119 Å². The van der Waals surface area contributed by atoms with Crippen molar-refractivity contribution in [2.45, 2.75) is 26.7 Å². The van der Waals surface area contributed by atoms with Gasteiger partial charge in [-0.05, 0) is 48.7 Å². The van der Waals surface area contributed by atoms with Crippen molar-refractivity contribution in [3.8, 4) is 0 Å². The maximum absolute atomic E-state index is 3.53. The lowest BCUT2D eigenvalue weighted by Crippen LogP contribution is -1.89. The van der Waals surface area contributed by atoms with Crippen molar-refractivity contribution >= 4 is 22.3 Å². The van der Waals surface area contributed by atoms with E-state index in [1.165, 1.54) is 22.2 Å². The number of aryl methyl sites for hydroxylation is 1. The number of fused-ring (bicyclic) bond motifs is 1. The molecule has 3 aromatic rings. The van der Waals surface area contributed by atoms with E-state index in [9.17, 15) is 0 Å². The van der Waals surface area contributed by atoms with Crippen molar-refractivity contribution in [1.29, 1.82) is 0 Å². The van der Waals surface area contributed by atoms with Gasteiger partial charge in [-0.3, -0.25) is 0 Å². The van der Waals surface area contributed by atoms with Crippen LogP contribution in [-0.4, -0.2) is 4.98 Å². The van der Waals surface area contributed by atoms with Gasteiger partial charge in [-0.1, -0.05) is 32.0 Å². The fourth-order valence-corrected chi connectivity index (χ4v) is 2.69. The molecule has 2 heteroatoms. The molecule has 1 aromatic heterocycles. The summed E-state index contributed by atoms with van der Waals surface area (Å²) in [6, 6.07) is 16.8. The number of H-pyrrole nitrogens is 1. The van der Waals surface area contributed by atoms with Gasteiger partial charge in [0, 0.05) is 28.0 Å². The molecule has 0 radical (unpaired) electrons. The molecule has 0 saturated heterocycles. The van der Waals surface area contributed by atoms with Crippen LogP contribution in [0, 0.1) is 6.92 Å². The molecule has 102 valence electrons. The van der Waals surface area contributed by atoms with E-state index >= 15 is 0 Å². The minimum absolute atomic E-state index is 0.521. The zero-order valence-electron chi connectivity index (χ0n) is 12.2. The summed E-state index contributed by atoms with van der Waals surface area (Å²) < 4.78 is 0. The molecular formula is C18H20N2. The lowest BCUT2D eigenvalue weighted by atomic mass is 10.0. The van der Waals surface area contributed by atoms with Gasteiger partial charge in [0.25, 0.3) is 0 Å². The molecule has 20 heavy (non-hydrogen) atoms. The SMILES string of the molecule is Cc1c(C(C)C)[nH]c2ccc(Nc3ccccc3)cc12. The smallest absolute Gasteiger partial charge is 0.0460 e. The van der Waals surface area contributed by atoms with Crippen LogP contribution in [0.15, 0.2) is 48.5 Å². The standard InChI is InChI=1S/C18H20N2/c1-12(2)18-13(3)16-11-15(9-10-17(16)20-18)19-14-7-5-4-6-8-14/h4-12,19-20H,1-3H3. The van der Waals surface area contributed by atoms with E-state index in [1.54, 1.807) is 0 Å². The molecule has 0 aliphatic heterocycles. The number of para-hydroxylation sites is 1. The van der Waals surface area contributed by atoms with Crippen molar-refractivity contribution in [1.82, 2.24) is 4.98 Å². The molecule has 0 atom stereocenters. The van der Waals surface area contributed by atoms with E-state index in [0.717, 1.165) is 11.4 Å². The number of rotatable bonds is 3. The van der Waals surface area contributed by atoms with Crippen LogP contribution in [0.2, 0.25) is 0 Å². The number of aromatic nitrogens is 1. The predicted molar refractivity (Wildman–Crippen MR) is 86.8 cm³/mol. The summed E-state index contributed by atoms with van der Waals surface area (Å²) in [6.07, 6.45) is 0. The lowest BCUT2D eigenvalue weighted by Gasteiger charge is -2.06. The van der Waals surface area contributed by atoms with Gasteiger partial charge in [0.1, 0.15) is 0 Å². The Kier molecular flexibility index (Phi) is 3.23. The van der Waals surface area contributed by atoms with Gasteiger partial charge in [0.05, 0.1) is 0 Å². The van der Waals surface area contributed by atoms with Crippen LogP contribution in [0.4, 0.5) is 11.4 Å². The fraction of sp³-hybridized carbons (Fsp3) is 0.222. The third-order valence-corrected chi connectivity index (χ3v) is 3.74. The van der Waals surface area contributed by atoms with E-state index in [-0.39, 0.29) is 0 Å². The van der Waals surface area contributed by atoms with Crippen molar-refractivity contribution < 1.29 is 0 Å². The Hall–Kier alpha value is -2.22. The summed E-state index contributed by atoms with van der Waals surface area (Å²) in [5, 5.41) is 4.75. The highest BCUT2D eigenvalue weighted by molar-refractivity contribution is 5.88. The first-order valence-electron chi connectivity index (χ1n) is 7.09. The molecule has 0 saturated carbocycles. The van der Waals surface area contributed by atoms with Crippen LogP contribution >= 0.6 is 0 Å². The minimum atomic E-state index is 0.521. The summed E-state index contributed by atoms with van der Waals surface area (Å²) in [7, 11) is 0. The Morgan fingerprint density at radius 3 is 2.40 bits per heavy atom. The maximum atomic E-state index is 3.53. The van der Waals surface area contributed by atoms with Crippen LogP contribution < -0.4 is 5.32 Å². The van der Waals surface area contributed by atoms with Gasteiger partial charge in [0.2, 0.25) is 0 Å². The Morgan fingerprint density at radius 2 is 1.70 bits per heavy atom. The van der Waals surface area contributed by atoms with Crippen LogP contribution in [-0.2, 0) is 0 Å². The largest absolute Gasteiger partial charge is 0.358 e. The maximum Gasteiger partial charge on any atom is 0.0460 e. The molecule has 2 nitrogen and oxygen atoms in total. The topological polar surface area (TPSA) is 27.8 Å². The number of aromatic amines is 1. The summed E-state index contributed by atoms with van der Waals surface area (Å²) in [4.78, 5) is 3.53. The van der Waals surface area contributed by atoms with E-state index in [2.05, 4.69) is 61.4 Å². The Morgan fingerprint density at radius 1 is 0.950 bits per heavy atom. The molecule has 1 heterocycles.